The number of carbonyl (C=O) groups excluding carboxylic acids is 1. The second-order valence-corrected chi connectivity index (χ2v) is 8.65. The number of aromatic nitrogens is 2. The van der Waals surface area contributed by atoms with E-state index in [-0.39, 0.29) is 23.4 Å². The van der Waals surface area contributed by atoms with E-state index >= 15 is 0 Å². The van der Waals surface area contributed by atoms with Crippen molar-refractivity contribution in [3.05, 3.63) is 88.0 Å². The molecule has 0 radical (unpaired) electrons. The Balaban J connectivity index is 1.92. The molecule has 35 heavy (non-hydrogen) atoms. The fraction of sp³-hybridized carbons (Fsp3) is 0.185. The summed E-state index contributed by atoms with van der Waals surface area (Å²) >= 11 is 1.05. The van der Waals surface area contributed by atoms with Gasteiger partial charge in [0.1, 0.15) is 11.0 Å². The van der Waals surface area contributed by atoms with Crippen LogP contribution in [0.3, 0.4) is 0 Å². The molecule has 0 spiro atoms. The molecule has 1 N–H and O–H groups in total. The topological polar surface area (TPSA) is 98.6 Å². The third-order valence-corrected chi connectivity index (χ3v) is 6.49. The van der Waals surface area contributed by atoms with Gasteiger partial charge in [0.05, 0.1) is 31.5 Å². The fourth-order valence-corrected chi connectivity index (χ4v) is 4.42. The Morgan fingerprint density at radius 2 is 1.54 bits per heavy atom. The zero-order chi connectivity index (χ0) is 25.1. The van der Waals surface area contributed by atoms with Crippen molar-refractivity contribution in [1.29, 1.82) is 0 Å². The lowest BCUT2D eigenvalue weighted by Crippen LogP contribution is -2.14. The number of carbonyl (C=O) groups is 2. The first-order chi connectivity index (χ1) is 16.8. The molecule has 178 valence electrons. The molecule has 0 amide bonds. The summed E-state index contributed by atoms with van der Waals surface area (Å²) in [4.78, 5) is 26.4. The summed E-state index contributed by atoms with van der Waals surface area (Å²) in [6.45, 7) is 3.88. The summed E-state index contributed by atoms with van der Waals surface area (Å²) in [7, 11) is 3.07. The Kier molecular flexibility index (Phi) is 6.93. The van der Waals surface area contributed by atoms with E-state index in [9.17, 15) is 14.7 Å². The highest BCUT2D eigenvalue weighted by Gasteiger charge is 2.25. The second-order valence-electron chi connectivity index (χ2n) is 8.12. The molecule has 0 atom stereocenters. The van der Waals surface area contributed by atoms with Gasteiger partial charge in [-0.2, -0.15) is 8.75 Å². The number of ether oxygens (including phenoxy) is 2. The maximum absolute atomic E-state index is 13.8. The maximum Gasteiger partial charge on any atom is 0.336 e. The van der Waals surface area contributed by atoms with Crippen LogP contribution in [0.5, 0.6) is 11.5 Å². The number of benzene rings is 3. The summed E-state index contributed by atoms with van der Waals surface area (Å²) in [5.74, 6) is -0.506. The summed E-state index contributed by atoms with van der Waals surface area (Å²) in [5.41, 5.74) is 4.88. The van der Waals surface area contributed by atoms with Crippen molar-refractivity contribution in [1.82, 2.24) is 8.75 Å². The minimum absolute atomic E-state index is 0.0714. The fourth-order valence-electron chi connectivity index (χ4n) is 3.90. The van der Waals surface area contributed by atoms with Crippen LogP contribution < -0.4 is 9.47 Å². The Bertz CT molecular complexity index is 1470. The molecular weight excluding hydrogens is 464 g/mol. The zero-order valence-corrected chi connectivity index (χ0v) is 20.6. The van der Waals surface area contributed by atoms with Gasteiger partial charge in [0.15, 0.2) is 17.3 Å². The van der Waals surface area contributed by atoms with Crippen LogP contribution in [0.1, 0.15) is 32.6 Å². The Morgan fingerprint density at radius 1 is 0.829 bits per heavy atom. The monoisotopic (exact) mass is 488 g/mol. The first kappa shape index (κ1) is 24.1. The second kappa shape index (κ2) is 10.1. The van der Waals surface area contributed by atoms with E-state index in [4.69, 9.17) is 9.47 Å². The van der Waals surface area contributed by atoms with E-state index in [1.165, 1.54) is 14.2 Å². The molecule has 3 aromatic carbocycles. The van der Waals surface area contributed by atoms with Crippen molar-refractivity contribution in [3.8, 4) is 11.5 Å². The molecule has 0 saturated heterocycles. The zero-order valence-electron chi connectivity index (χ0n) is 19.8. The number of carboxylic acid groups (broad SMARTS) is 1. The summed E-state index contributed by atoms with van der Waals surface area (Å²) in [5, 5.41) is 10.3. The van der Waals surface area contributed by atoms with Crippen LogP contribution in [-0.2, 0) is 11.2 Å². The van der Waals surface area contributed by atoms with Crippen LogP contribution in [0.15, 0.2) is 60.2 Å². The van der Waals surface area contributed by atoms with E-state index in [0.29, 0.717) is 39.2 Å². The molecule has 0 fully saturated rings. The number of nitrogens with zero attached hydrogens (tertiary/aromatic N) is 2. The highest BCUT2D eigenvalue weighted by molar-refractivity contribution is 7.00. The van der Waals surface area contributed by atoms with Crippen molar-refractivity contribution >= 4 is 40.1 Å². The maximum atomic E-state index is 13.8. The van der Waals surface area contributed by atoms with Gasteiger partial charge >= 0.3 is 5.97 Å². The standard InChI is InChI=1S/C27H24N2O5S/c1-15-5-7-19(11-16(15)2)26(30)20(12-17-6-10-23(33-3)24(13-17)34-4)25(27(31)32)18-8-9-21-22(14-18)29-35-28-21/h5-11,13-14H,12H2,1-4H3,(H,31,32). The van der Waals surface area contributed by atoms with Gasteiger partial charge in [0.2, 0.25) is 0 Å². The number of fused-ring (bicyclic) bond motifs is 1. The third kappa shape index (κ3) is 4.93. The molecule has 0 bridgehead atoms. The molecule has 4 rings (SSSR count). The number of aliphatic carboxylic acids is 1. The first-order valence-corrected chi connectivity index (χ1v) is 11.6. The lowest BCUT2D eigenvalue weighted by Gasteiger charge is -2.15. The normalized spacial score (nSPS) is 11.8. The van der Waals surface area contributed by atoms with Crippen molar-refractivity contribution in [2.45, 2.75) is 20.3 Å². The number of carboxylic acids is 1. The van der Waals surface area contributed by atoms with E-state index < -0.39 is 5.97 Å². The average molecular weight is 489 g/mol. The van der Waals surface area contributed by atoms with E-state index in [2.05, 4.69) is 8.75 Å². The van der Waals surface area contributed by atoms with Crippen molar-refractivity contribution in [3.63, 3.8) is 0 Å². The minimum Gasteiger partial charge on any atom is -0.493 e. The molecule has 0 aliphatic carbocycles. The molecule has 0 aliphatic heterocycles. The Labute approximate surface area is 207 Å². The smallest absolute Gasteiger partial charge is 0.336 e. The molecule has 7 nitrogen and oxygen atoms in total. The van der Waals surface area contributed by atoms with Gasteiger partial charge in [-0.25, -0.2) is 4.79 Å². The van der Waals surface area contributed by atoms with Gasteiger partial charge in [-0.3, -0.25) is 4.79 Å². The van der Waals surface area contributed by atoms with Crippen LogP contribution in [-0.4, -0.2) is 39.8 Å². The molecule has 0 saturated carbocycles. The van der Waals surface area contributed by atoms with Crippen LogP contribution >= 0.6 is 11.7 Å². The number of allylic oxidation sites excluding steroid dienone is 1. The van der Waals surface area contributed by atoms with E-state index in [1.807, 2.05) is 19.9 Å². The number of methoxy groups -OCH3 is 2. The van der Waals surface area contributed by atoms with Gasteiger partial charge in [-0.15, -0.1) is 0 Å². The predicted molar refractivity (Wildman–Crippen MR) is 135 cm³/mol. The van der Waals surface area contributed by atoms with Gasteiger partial charge in [-0.1, -0.05) is 24.3 Å². The number of ketones is 1. The van der Waals surface area contributed by atoms with Crippen LogP contribution in [0, 0.1) is 13.8 Å². The van der Waals surface area contributed by atoms with Crippen molar-refractivity contribution in [2.75, 3.05) is 14.2 Å². The Morgan fingerprint density at radius 3 is 2.23 bits per heavy atom. The van der Waals surface area contributed by atoms with Gasteiger partial charge in [0.25, 0.3) is 0 Å². The van der Waals surface area contributed by atoms with E-state index in [0.717, 1.165) is 22.9 Å². The largest absolute Gasteiger partial charge is 0.493 e. The number of hydrogen-bond acceptors (Lipinski definition) is 7. The summed E-state index contributed by atoms with van der Waals surface area (Å²) in [6.07, 6.45) is 0.0844. The average Bonchev–Trinajstić information content (AvgIpc) is 3.32. The van der Waals surface area contributed by atoms with Crippen LogP contribution in [0.4, 0.5) is 0 Å². The van der Waals surface area contributed by atoms with E-state index in [1.54, 1.807) is 48.5 Å². The lowest BCUT2D eigenvalue weighted by molar-refractivity contribution is -0.130. The third-order valence-electron chi connectivity index (χ3n) is 5.93. The minimum atomic E-state index is -1.19. The SMILES string of the molecule is COc1ccc(CC(C(=O)c2ccc(C)c(C)c2)=C(C(=O)O)c2ccc3nsnc3c2)cc1OC. The molecule has 4 aromatic rings. The van der Waals surface area contributed by atoms with Crippen LogP contribution in [0.25, 0.3) is 16.6 Å². The van der Waals surface area contributed by atoms with Gasteiger partial charge in [0, 0.05) is 17.6 Å². The lowest BCUT2D eigenvalue weighted by atomic mass is 9.88. The highest BCUT2D eigenvalue weighted by Crippen LogP contribution is 2.32. The van der Waals surface area contributed by atoms with Crippen LogP contribution in [0.2, 0.25) is 0 Å². The first-order valence-electron chi connectivity index (χ1n) is 10.8. The molecule has 8 heteroatoms. The number of Topliss-reactive ketones (excluding diaryl/α,β-unsaturated/α-hetero) is 1. The predicted octanol–water partition coefficient (Wildman–Crippen LogP) is 5.29. The molecule has 0 aliphatic rings. The number of hydrogen-bond donors (Lipinski definition) is 1. The van der Waals surface area contributed by atoms with Gasteiger partial charge < -0.3 is 14.6 Å². The summed E-state index contributed by atoms with van der Waals surface area (Å²) in [6, 6.07) is 15.7. The van der Waals surface area contributed by atoms with Crippen molar-refractivity contribution in [2.24, 2.45) is 0 Å². The Hall–Kier alpha value is -4.04. The van der Waals surface area contributed by atoms with Crippen molar-refractivity contribution < 1.29 is 24.2 Å². The molecule has 1 heterocycles. The quantitative estimate of drug-likeness (QED) is 0.266. The summed E-state index contributed by atoms with van der Waals surface area (Å²) < 4.78 is 19.1. The highest BCUT2D eigenvalue weighted by atomic mass is 32.1. The molecular formula is C27H24N2O5S. The number of aryl methyl sites for hydroxylation is 2. The number of rotatable bonds is 8. The van der Waals surface area contributed by atoms with Gasteiger partial charge in [-0.05, 0) is 66.4 Å². The molecule has 1 aromatic heterocycles. The molecule has 0 unspecified atom stereocenters.